The average Bonchev–Trinajstić information content (AvgIpc) is 3.09. The van der Waals surface area contributed by atoms with Crippen LogP contribution in [0, 0.1) is 0 Å². The smallest absolute Gasteiger partial charge is 0.275 e. The molecule has 0 atom stereocenters. The summed E-state index contributed by atoms with van der Waals surface area (Å²) in [5.74, 6) is 0.754. The Labute approximate surface area is 138 Å². The molecule has 3 rings (SSSR count). The van der Waals surface area contributed by atoms with Crippen LogP contribution in [0.2, 0.25) is 0 Å². The Balaban J connectivity index is 1.93. The minimum absolute atomic E-state index is 0.205. The summed E-state index contributed by atoms with van der Waals surface area (Å²) in [6.45, 7) is 4.62. The van der Waals surface area contributed by atoms with Crippen molar-refractivity contribution in [3.05, 3.63) is 6.33 Å². The molecule has 0 aliphatic heterocycles. The van der Waals surface area contributed by atoms with Crippen molar-refractivity contribution in [1.29, 1.82) is 0 Å². The first-order valence-electron chi connectivity index (χ1n) is 7.42. The predicted octanol–water partition coefficient (Wildman–Crippen LogP) is 2.81. The van der Waals surface area contributed by atoms with Gasteiger partial charge in [-0.1, -0.05) is 11.3 Å². The lowest BCUT2D eigenvalue weighted by Crippen LogP contribution is -2.25. The molecule has 0 aliphatic carbocycles. The van der Waals surface area contributed by atoms with E-state index in [0.29, 0.717) is 11.8 Å². The number of aromatic nitrogens is 4. The minimum atomic E-state index is -0.205. The molecule has 0 saturated carbocycles. The average molecular weight is 335 g/mol. The Hall–Kier alpha value is -1.93. The standard InChI is InChI=1S/C15H21N5O2S/c1-15(2,21-5)6-7-22-14-18-10-11-9(17-8-20(11)4)12(16-3)19-13(10)23-14/h8H,6-7H2,1-5H3,(H,16,19). The van der Waals surface area contributed by atoms with Crippen molar-refractivity contribution in [3.8, 4) is 5.19 Å². The van der Waals surface area contributed by atoms with Gasteiger partial charge in [0.05, 0.1) is 18.5 Å². The van der Waals surface area contributed by atoms with Gasteiger partial charge in [0.1, 0.15) is 16.6 Å². The van der Waals surface area contributed by atoms with E-state index in [9.17, 15) is 0 Å². The molecule has 0 radical (unpaired) electrons. The number of fused-ring (bicyclic) bond motifs is 3. The van der Waals surface area contributed by atoms with Crippen LogP contribution in [0.5, 0.6) is 5.19 Å². The largest absolute Gasteiger partial charge is 0.470 e. The van der Waals surface area contributed by atoms with Crippen LogP contribution < -0.4 is 10.1 Å². The molecular formula is C15H21N5O2S. The van der Waals surface area contributed by atoms with Crippen LogP contribution in [-0.2, 0) is 11.8 Å². The Morgan fingerprint density at radius 1 is 1.30 bits per heavy atom. The van der Waals surface area contributed by atoms with Gasteiger partial charge in [-0.3, -0.25) is 0 Å². The summed E-state index contributed by atoms with van der Waals surface area (Å²) >= 11 is 1.45. The van der Waals surface area contributed by atoms with E-state index in [0.717, 1.165) is 33.6 Å². The van der Waals surface area contributed by atoms with Crippen molar-refractivity contribution in [3.63, 3.8) is 0 Å². The molecule has 3 aromatic heterocycles. The summed E-state index contributed by atoms with van der Waals surface area (Å²) in [7, 11) is 5.50. The third-order valence-corrected chi connectivity index (χ3v) is 4.77. The number of nitrogens with one attached hydrogen (secondary N) is 1. The molecule has 1 N–H and O–H groups in total. The highest BCUT2D eigenvalue weighted by Crippen LogP contribution is 2.34. The molecule has 7 nitrogen and oxygen atoms in total. The van der Waals surface area contributed by atoms with E-state index in [1.165, 1.54) is 11.3 Å². The lowest BCUT2D eigenvalue weighted by Gasteiger charge is -2.22. The van der Waals surface area contributed by atoms with Gasteiger partial charge in [-0.05, 0) is 13.8 Å². The van der Waals surface area contributed by atoms with Gasteiger partial charge < -0.3 is 19.4 Å². The number of ether oxygens (including phenoxy) is 2. The molecular weight excluding hydrogens is 314 g/mol. The molecule has 0 saturated heterocycles. The lowest BCUT2D eigenvalue weighted by atomic mass is 10.1. The Kier molecular flexibility index (Phi) is 4.11. The van der Waals surface area contributed by atoms with Crippen LogP contribution in [0.25, 0.3) is 21.4 Å². The topological polar surface area (TPSA) is 74.1 Å². The first-order chi connectivity index (χ1) is 10.9. The maximum Gasteiger partial charge on any atom is 0.275 e. The highest BCUT2D eigenvalue weighted by molar-refractivity contribution is 7.20. The van der Waals surface area contributed by atoms with E-state index < -0.39 is 0 Å². The van der Waals surface area contributed by atoms with Gasteiger partial charge >= 0.3 is 0 Å². The van der Waals surface area contributed by atoms with Crippen molar-refractivity contribution in [2.24, 2.45) is 7.05 Å². The second-order valence-electron chi connectivity index (χ2n) is 5.96. The van der Waals surface area contributed by atoms with Crippen LogP contribution >= 0.6 is 11.3 Å². The van der Waals surface area contributed by atoms with Gasteiger partial charge in [-0.25, -0.2) is 9.97 Å². The van der Waals surface area contributed by atoms with Gasteiger partial charge in [0, 0.05) is 27.6 Å². The fourth-order valence-electron chi connectivity index (χ4n) is 2.28. The number of anilines is 1. The van der Waals surface area contributed by atoms with E-state index in [2.05, 4.69) is 20.3 Å². The maximum absolute atomic E-state index is 5.80. The van der Waals surface area contributed by atoms with Gasteiger partial charge in [0.25, 0.3) is 5.19 Å². The summed E-state index contributed by atoms with van der Waals surface area (Å²) in [5, 5.41) is 3.71. The SMILES string of the molecule is CNc1nc2sc(OCCC(C)(C)OC)nc2c2c1ncn2C. The van der Waals surface area contributed by atoms with E-state index in [-0.39, 0.29) is 5.60 Å². The number of pyridine rings is 1. The van der Waals surface area contributed by atoms with Crippen LogP contribution in [-0.4, -0.2) is 45.9 Å². The van der Waals surface area contributed by atoms with Crippen molar-refractivity contribution < 1.29 is 9.47 Å². The maximum atomic E-state index is 5.80. The van der Waals surface area contributed by atoms with Crippen LogP contribution in [0.4, 0.5) is 5.82 Å². The van der Waals surface area contributed by atoms with E-state index in [4.69, 9.17) is 9.47 Å². The van der Waals surface area contributed by atoms with E-state index in [1.807, 2.05) is 32.5 Å². The second-order valence-corrected chi connectivity index (χ2v) is 6.90. The number of thiazole rings is 1. The minimum Gasteiger partial charge on any atom is -0.470 e. The molecule has 0 aliphatic rings. The summed E-state index contributed by atoms with van der Waals surface area (Å²) in [4.78, 5) is 14.4. The summed E-state index contributed by atoms with van der Waals surface area (Å²) in [6.07, 6.45) is 2.56. The third kappa shape index (κ3) is 2.96. The molecule has 0 bridgehead atoms. The Bertz CT molecular complexity index is 839. The van der Waals surface area contributed by atoms with E-state index in [1.54, 1.807) is 13.4 Å². The van der Waals surface area contributed by atoms with Crippen LogP contribution in [0.3, 0.4) is 0 Å². The quantitative estimate of drug-likeness (QED) is 0.747. The Morgan fingerprint density at radius 2 is 2.09 bits per heavy atom. The molecule has 3 heterocycles. The van der Waals surface area contributed by atoms with Gasteiger partial charge in [0.2, 0.25) is 0 Å². The third-order valence-electron chi connectivity index (χ3n) is 3.91. The normalized spacial score (nSPS) is 12.2. The highest BCUT2D eigenvalue weighted by atomic mass is 32.1. The predicted molar refractivity (Wildman–Crippen MR) is 92.4 cm³/mol. The zero-order valence-electron chi connectivity index (χ0n) is 14.0. The number of nitrogens with zero attached hydrogens (tertiary/aromatic N) is 4. The molecule has 8 heteroatoms. The van der Waals surface area contributed by atoms with Gasteiger partial charge in [-0.2, -0.15) is 4.98 Å². The van der Waals surface area contributed by atoms with Crippen molar-refractivity contribution in [2.75, 3.05) is 26.1 Å². The fraction of sp³-hybridized carbons (Fsp3) is 0.533. The fourth-order valence-corrected chi connectivity index (χ4v) is 3.10. The molecule has 0 spiro atoms. The zero-order valence-corrected chi connectivity index (χ0v) is 14.8. The first-order valence-corrected chi connectivity index (χ1v) is 8.24. The van der Waals surface area contributed by atoms with Crippen molar-refractivity contribution >= 4 is 38.5 Å². The van der Waals surface area contributed by atoms with Crippen molar-refractivity contribution in [1.82, 2.24) is 19.5 Å². The molecule has 23 heavy (non-hydrogen) atoms. The number of imidazole rings is 1. The number of aryl methyl sites for hydroxylation is 1. The molecule has 0 fully saturated rings. The monoisotopic (exact) mass is 335 g/mol. The van der Waals surface area contributed by atoms with Crippen LogP contribution in [0.15, 0.2) is 6.33 Å². The molecule has 124 valence electrons. The molecule has 0 aromatic carbocycles. The lowest BCUT2D eigenvalue weighted by molar-refractivity contribution is 0.00546. The first kappa shape index (κ1) is 15.9. The number of rotatable bonds is 6. The summed E-state index contributed by atoms with van der Waals surface area (Å²) in [5.41, 5.74) is 2.40. The Morgan fingerprint density at radius 3 is 2.78 bits per heavy atom. The van der Waals surface area contributed by atoms with E-state index >= 15 is 0 Å². The number of hydrogen-bond donors (Lipinski definition) is 1. The zero-order chi connectivity index (χ0) is 16.6. The van der Waals surface area contributed by atoms with Gasteiger partial charge in [-0.15, -0.1) is 0 Å². The van der Waals surface area contributed by atoms with Gasteiger partial charge in [0.15, 0.2) is 10.6 Å². The van der Waals surface area contributed by atoms with Crippen molar-refractivity contribution in [2.45, 2.75) is 25.9 Å². The van der Waals surface area contributed by atoms with Crippen LogP contribution in [0.1, 0.15) is 20.3 Å². The number of methoxy groups -OCH3 is 1. The summed E-state index contributed by atoms with van der Waals surface area (Å²) in [6, 6.07) is 0. The molecule has 0 amide bonds. The highest BCUT2D eigenvalue weighted by Gasteiger charge is 2.19. The molecule has 3 aromatic rings. The summed E-state index contributed by atoms with van der Waals surface area (Å²) < 4.78 is 13.2. The number of hydrogen-bond acceptors (Lipinski definition) is 7. The second kappa shape index (κ2) is 5.93. The molecule has 0 unspecified atom stereocenters.